The zero-order chi connectivity index (χ0) is 15.4. The van der Waals surface area contributed by atoms with Gasteiger partial charge in [0.25, 0.3) is 0 Å². The molecule has 0 bridgehead atoms. The van der Waals surface area contributed by atoms with Crippen molar-refractivity contribution < 1.29 is 0 Å². The van der Waals surface area contributed by atoms with Gasteiger partial charge in [0.2, 0.25) is 0 Å². The molecule has 3 rings (SSSR count). The number of rotatable bonds is 6. The monoisotopic (exact) mass is 302 g/mol. The Bertz CT molecular complexity index is 600. The number of fused-ring (bicyclic) bond motifs is 1. The minimum absolute atomic E-state index is 0.506. The summed E-state index contributed by atoms with van der Waals surface area (Å²) in [5.74, 6) is 2.12. The number of imidazole rings is 1. The number of likely N-dealkylation sites (tertiary alicyclic amines) is 1. The quantitative estimate of drug-likeness (QED) is 0.856. The van der Waals surface area contributed by atoms with Crippen molar-refractivity contribution in [3.05, 3.63) is 12.2 Å². The number of aromatic nitrogens is 4. The molecule has 22 heavy (non-hydrogen) atoms. The van der Waals surface area contributed by atoms with Crippen LogP contribution in [-0.4, -0.2) is 44.5 Å². The Balaban J connectivity index is 1.50. The normalized spacial score (nSPS) is 17.3. The maximum Gasteiger partial charge on any atom is 0.183 e. The second kappa shape index (κ2) is 7.05. The number of piperidine rings is 1. The number of aromatic amines is 1. The van der Waals surface area contributed by atoms with E-state index in [1.54, 1.807) is 6.33 Å². The fourth-order valence-electron chi connectivity index (χ4n) is 3.23. The summed E-state index contributed by atoms with van der Waals surface area (Å²) in [4.78, 5) is 18.6. The second-order valence-electron chi connectivity index (χ2n) is 6.30. The van der Waals surface area contributed by atoms with Crippen molar-refractivity contribution in [1.29, 1.82) is 0 Å². The van der Waals surface area contributed by atoms with Crippen LogP contribution in [0.2, 0.25) is 0 Å². The van der Waals surface area contributed by atoms with Gasteiger partial charge in [0.1, 0.15) is 11.3 Å². The number of nitrogen functional groups attached to an aromatic ring is 1. The second-order valence-corrected chi connectivity index (χ2v) is 6.30. The summed E-state index contributed by atoms with van der Waals surface area (Å²) in [6.45, 7) is 6.01. The number of nitrogens with one attached hydrogen (secondary N) is 1. The molecule has 1 aliphatic rings. The van der Waals surface area contributed by atoms with Gasteiger partial charge in [-0.1, -0.05) is 13.3 Å². The van der Waals surface area contributed by atoms with E-state index in [9.17, 15) is 0 Å². The van der Waals surface area contributed by atoms with Crippen molar-refractivity contribution in [2.45, 2.75) is 45.4 Å². The third kappa shape index (κ3) is 3.55. The van der Waals surface area contributed by atoms with Crippen molar-refractivity contribution >= 4 is 17.0 Å². The Morgan fingerprint density at radius 1 is 1.32 bits per heavy atom. The number of aryl methyl sites for hydroxylation is 1. The van der Waals surface area contributed by atoms with E-state index in [2.05, 4.69) is 31.8 Å². The van der Waals surface area contributed by atoms with Crippen LogP contribution in [0.25, 0.3) is 11.2 Å². The highest BCUT2D eigenvalue weighted by Gasteiger charge is 2.19. The molecule has 3 N–H and O–H groups in total. The molecule has 1 saturated heterocycles. The van der Waals surface area contributed by atoms with Crippen LogP contribution < -0.4 is 5.73 Å². The van der Waals surface area contributed by atoms with Crippen molar-refractivity contribution in [1.82, 2.24) is 24.8 Å². The van der Waals surface area contributed by atoms with Crippen molar-refractivity contribution in [3.63, 3.8) is 0 Å². The molecule has 2 aromatic rings. The van der Waals surface area contributed by atoms with E-state index in [1.807, 2.05) is 0 Å². The standard InChI is InChI=1S/C16H26N6/c1-2-3-8-22-9-6-12(7-10-22)4-5-13-20-15(17)14-16(21-13)19-11-18-14/h11-12H,2-10H2,1H3,(H3,17,18,19,20,21). The zero-order valence-corrected chi connectivity index (χ0v) is 13.4. The van der Waals surface area contributed by atoms with Gasteiger partial charge in [-0.05, 0) is 51.2 Å². The van der Waals surface area contributed by atoms with E-state index in [0.717, 1.165) is 30.1 Å². The number of nitrogens with two attached hydrogens (primary N) is 1. The topological polar surface area (TPSA) is 83.7 Å². The average Bonchev–Trinajstić information content (AvgIpc) is 3.01. The van der Waals surface area contributed by atoms with Gasteiger partial charge < -0.3 is 15.6 Å². The lowest BCUT2D eigenvalue weighted by molar-refractivity contribution is 0.177. The lowest BCUT2D eigenvalue weighted by Gasteiger charge is -2.31. The summed E-state index contributed by atoms with van der Waals surface area (Å²) in [5.41, 5.74) is 7.37. The predicted molar refractivity (Wildman–Crippen MR) is 88.5 cm³/mol. The van der Waals surface area contributed by atoms with Gasteiger partial charge in [-0.25, -0.2) is 15.0 Å². The van der Waals surface area contributed by atoms with Crippen molar-refractivity contribution in [2.75, 3.05) is 25.4 Å². The Labute approximate surface area is 131 Å². The number of unbranched alkanes of at least 4 members (excludes halogenated alkanes) is 1. The van der Waals surface area contributed by atoms with E-state index in [0.29, 0.717) is 11.5 Å². The molecular formula is C16H26N6. The summed E-state index contributed by atoms with van der Waals surface area (Å²) in [7, 11) is 0. The van der Waals surface area contributed by atoms with Gasteiger partial charge in [0.05, 0.1) is 6.33 Å². The zero-order valence-electron chi connectivity index (χ0n) is 13.4. The first-order valence-electron chi connectivity index (χ1n) is 8.44. The van der Waals surface area contributed by atoms with Gasteiger partial charge >= 0.3 is 0 Å². The number of H-pyrrole nitrogens is 1. The SMILES string of the molecule is CCCCN1CCC(CCc2nc(N)c3[nH]cnc3n2)CC1. The highest BCUT2D eigenvalue weighted by atomic mass is 15.1. The summed E-state index contributed by atoms with van der Waals surface area (Å²) < 4.78 is 0. The molecule has 0 radical (unpaired) electrons. The van der Waals surface area contributed by atoms with Crippen molar-refractivity contribution in [2.24, 2.45) is 5.92 Å². The summed E-state index contributed by atoms with van der Waals surface area (Å²) in [5, 5.41) is 0. The molecule has 0 saturated carbocycles. The first-order chi connectivity index (χ1) is 10.8. The van der Waals surface area contributed by atoms with E-state index < -0.39 is 0 Å². The third-order valence-corrected chi connectivity index (χ3v) is 4.67. The molecular weight excluding hydrogens is 276 g/mol. The van der Waals surface area contributed by atoms with Gasteiger partial charge in [-0.15, -0.1) is 0 Å². The maximum atomic E-state index is 5.95. The summed E-state index contributed by atoms with van der Waals surface area (Å²) in [6.07, 6.45) is 8.86. The number of hydrogen-bond donors (Lipinski definition) is 2. The lowest BCUT2D eigenvalue weighted by atomic mass is 9.92. The highest BCUT2D eigenvalue weighted by Crippen LogP contribution is 2.23. The first-order valence-corrected chi connectivity index (χ1v) is 8.44. The smallest absolute Gasteiger partial charge is 0.183 e. The Morgan fingerprint density at radius 2 is 2.14 bits per heavy atom. The van der Waals surface area contributed by atoms with Gasteiger partial charge in [0, 0.05) is 6.42 Å². The minimum Gasteiger partial charge on any atom is -0.382 e. The van der Waals surface area contributed by atoms with Crippen LogP contribution in [0.15, 0.2) is 6.33 Å². The van der Waals surface area contributed by atoms with E-state index >= 15 is 0 Å². The van der Waals surface area contributed by atoms with Crippen LogP contribution in [0.3, 0.4) is 0 Å². The lowest BCUT2D eigenvalue weighted by Crippen LogP contribution is -2.34. The molecule has 0 amide bonds. The number of anilines is 1. The first kappa shape index (κ1) is 15.2. The van der Waals surface area contributed by atoms with E-state index in [4.69, 9.17) is 5.73 Å². The molecule has 0 aliphatic carbocycles. The van der Waals surface area contributed by atoms with Crippen LogP contribution >= 0.6 is 0 Å². The van der Waals surface area contributed by atoms with Gasteiger partial charge in [-0.3, -0.25) is 0 Å². The van der Waals surface area contributed by atoms with Crippen LogP contribution in [0.5, 0.6) is 0 Å². The number of hydrogen-bond acceptors (Lipinski definition) is 5. The van der Waals surface area contributed by atoms with E-state index in [-0.39, 0.29) is 0 Å². The van der Waals surface area contributed by atoms with E-state index in [1.165, 1.54) is 45.3 Å². The molecule has 1 aliphatic heterocycles. The fourth-order valence-corrected chi connectivity index (χ4v) is 3.23. The molecule has 3 heterocycles. The molecule has 0 unspecified atom stereocenters. The molecule has 6 heteroatoms. The predicted octanol–water partition coefficient (Wildman–Crippen LogP) is 2.38. The number of nitrogens with zero attached hydrogens (tertiary/aromatic N) is 4. The fraction of sp³-hybridized carbons (Fsp3) is 0.688. The average molecular weight is 302 g/mol. The Morgan fingerprint density at radius 3 is 2.91 bits per heavy atom. The summed E-state index contributed by atoms with van der Waals surface area (Å²) in [6, 6.07) is 0. The molecule has 2 aromatic heterocycles. The molecule has 6 nitrogen and oxygen atoms in total. The van der Waals surface area contributed by atoms with Gasteiger partial charge in [0.15, 0.2) is 11.5 Å². The highest BCUT2D eigenvalue weighted by molar-refractivity contribution is 5.80. The van der Waals surface area contributed by atoms with Crippen LogP contribution in [0, 0.1) is 5.92 Å². The van der Waals surface area contributed by atoms with Crippen molar-refractivity contribution in [3.8, 4) is 0 Å². The van der Waals surface area contributed by atoms with Gasteiger partial charge in [-0.2, -0.15) is 0 Å². The largest absolute Gasteiger partial charge is 0.382 e. The molecule has 0 atom stereocenters. The Kier molecular flexibility index (Phi) is 4.87. The van der Waals surface area contributed by atoms with Crippen LogP contribution in [0.1, 0.15) is 44.9 Å². The third-order valence-electron chi connectivity index (χ3n) is 4.67. The molecule has 0 spiro atoms. The molecule has 120 valence electrons. The minimum atomic E-state index is 0.506. The molecule has 1 fully saturated rings. The summed E-state index contributed by atoms with van der Waals surface area (Å²) >= 11 is 0. The van der Waals surface area contributed by atoms with Crippen LogP contribution in [-0.2, 0) is 6.42 Å². The maximum absolute atomic E-state index is 5.95. The Hall–Kier alpha value is -1.69. The molecule has 0 aromatic carbocycles. The van der Waals surface area contributed by atoms with Crippen LogP contribution in [0.4, 0.5) is 5.82 Å².